The van der Waals surface area contributed by atoms with Gasteiger partial charge >= 0.3 is 6.09 Å². The van der Waals surface area contributed by atoms with Crippen molar-refractivity contribution in [2.45, 2.75) is 37.0 Å². The van der Waals surface area contributed by atoms with Crippen LogP contribution in [-0.4, -0.2) is 50.4 Å². The molecule has 0 radical (unpaired) electrons. The van der Waals surface area contributed by atoms with Gasteiger partial charge in [-0.15, -0.1) is 6.42 Å². The van der Waals surface area contributed by atoms with Crippen molar-refractivity contribution >= 4 is 17.7 Å². The minimum atomic E-state index is -0.928. The van der Waals surface area contributed by atoms with Crippen molar-refractivity contribution in [1.82, 2.24) is 10.6 Å². The van der Waals surface area contributed by atoms with E-state index >= 15 is 0 Å². The number of rotatable bonds is 9. The van der Waals surface area contributed by atoms with Gasteiger partial charge in [-0.25, -0.2) is 4.79 Å². The number of anilines is 1. The number of carbonyl (C=O) groups is 2. The molecule has 0 unspecified atom stereocenters. The van der Waals surface area contributed by atoms with Gasteiger partial charge < -0.3 is 25.4 Å². The number of terminal acetylenes is 1. The molecule has 3 N–H and O–H groups in total. The van der Waals surface area contributed by atoms with Crippen molar-refractivity contribution in [3.63, 3.8) is 0 Å². The monoisotopic (exact) mass is 511 g/mol. The molecule has 3 aromatic rings. The standard InChI is InChI=1S/C31H33N3O4/c1-3-25-20-32-21-26(38-25)19-18-22-12-10-11-17-27(22)33-30(35)29(34-31(36)37-2)28(23-13-6-4-7-14-23)24-15-8-5-9-16-24/h1,4-17,25-26,28-29,32H,18-21H2,2H3,(H,33,35)(H,34,36)/t25-,26-,29+/m1/s1. The Morgan fingerprint density at radius 3 is 2.26 bits per heavy atom. The summed E-state index contributed by atoms with van der Waals surface area (Å²) in [6, 6.07) is 26.1. The normalized spacial score (nSPS) is 17.7. The number of alkyl carbamates (subject to hydrolysis) is 1. The summed E-state index contributed by atoms with van der Waals surface area (Å²) in [5.74, 6) is 1.87. The fraction of sp³-hybridized carbons (Fsp3) is 0.290. The summed E-state index contributed by atoms with van der Waals surface area (Å²) in [5.41, 5.74) is 3.45. The first kappa shape index (κ1) is 26.9. The van der Waals surface area contributed by atoms with Crippen molar-refractivity contribution in [1.29, 1.82) is 0 Å². The van der Waals surface area contributed by atoms with Gasteiger partial charge in [0.2, 0.25) is 5.91 Å². The minimum absolute atomic E-state index is 0.0113. The van der Waals surface area contributed by atoms with Gasteiger partial charge in [0, 0.05) is 24.7 Å². The number of hydrogen-bond donors (Lipinski definition) is 3. The highest BCUT2D eigenvalue weighted by Crippen LogP contribution is 2.30. The second-order valence-electron chi connectivity index (χ2n) is 9.17. The largest absolute Gasteiger partial charge is 0.453 e. The molecule has 0 spiro atoms. The van der Waals surface area contributed by atoms with Crippen LogP contribution in [0.5, 0.6) is 0 Å². The van der Waals surface area contributed by atoms with Crippen LogP contribution >= 0.6 is 0 Å². The van der Waals surface area contributed by atoms with E-state index in [1.54, 1.807) is 0 Å². The van der Waals surface area contributed by atoms with Gasteiger partial charge in [-0.05, 0) is 35.6 Å². The number of carbonyl (C=O) groups excluding carboxylic acids is 2. The molecule has 1 aliphatic heterocycles. The summed E-state index contributed by atoms with van der Waals surface area (Å²) in [5, 5.41) is 9.16. The van der Waals surface area contributed by atoms with E-state index in [1.807, 2.05) is 84.9 Å². The summed E-state index contributed by atoms with van der Waals surface area (Å²) >= 11 is 0. The summed E-state index contributed by atoms with van der Waals surface area (Å²) in [6.07, 6.45) is 6.04. The molecule has 7 heteroatoms. The Bertz CT molecular complexity index is 1200. The maximum absolute atomic E-state index is 13.9. The van der Waals surface area contributed by atoms with Crippen LogP contribution in [0.25, 0.3) is 0 Å². The number of methoxy groups -OCH3 is 1. The van der Waals surface area contributed by atoms with Crippen LogP contribution in [0.2, 0.25) is 0 Å². The SMILES string of the molecule is C#C[C@@H]1CNC[C@@H](CCc2ccccc2NC(=O)[C@@H](NC(=O)OC)C(c2ccccc2)c2ccccc2)O1. The molecule has 0 aromatic heterocycles. The molecule has 2 amide bonds. The molecule has 196 valence electrons. The Balaban J connectivity index is 1.58. The maximum atomic E-state index is 13.9. The summed E-state index contributed by atoms with van der Waals surface area (Å²) < 4.78 is 10.8. The molecule has 4 rings (SSSR count). The van der Waals surface area contributed by atoms with Crippen LogP contribution in [-0.2, 0) is 20.7 Å². The number of amides is 2. The van der Waals surface area contributed by atoms with E-state index in [2.05, 4.69) is 21.9 Å². The topological polar surface area (TPSA) is 88.7 Å². The number of hydrogen-bond acceptors (Lipinski definition) is 5. The fourth-order valence-electron chi connectivity index (χ4n) is 4.74. The summed E-state index contributed by atoms with van der Waals surface area (Å²) in [4.78, 5) is 26.2. The van der Waals surface area contributed by atoms with E-state index in [0.29, 0.717) is 18.7 Å². The summed E-state index contributed by atoms with van der Waals surface area (Å²) in [7, 11) is 1.28. The Labute approximate surface area is 223 Å². The minimum Gasteiger partial charge on any atom is -0.453 e. The van der Waals surface area contributed by atoms with Gasteiger partial charge in [0.05, 0.1) is 13.2 Å². The molecule has 0 saturated carbocycles. The molecule has 3 atom stereocenters. The molecule has 0 aliphatic carbocycles. The number of ether oxygens (including phenoxy) is 2. The van der Waals surface area contributed by atoms with Crippen LogP contribution in [0, 0.1) is 12.3 Å². The molecule has 38 heavy (non-hydrogen) atoms. The Kier molecular flexibility index (Phi) is 9.52. The lowest BCUT2D eigenvalue weighted by molar-refractivity contribution is -0.118. The van der Waals surface area contributed by atoms with Crippen molar-refractivity contribution in [2.24, 2.45) is 0 Å². The first-order valence-corrected chi connectivity index (χ1v) is 12.7. The number of nitrogens with one attached hydrogen (secondary N) is 3. The zero-order valence-corrected chi connectivity index (χ0v) is 21.4. The predicted molar refractivity (Wildman–Crippen MR) is 148 cm³/mol. The summed E-state index contributed by atoms with van der Waals surface area (Å²) in [6.45, 7) is 1.38. The molecular formula is C31H33N3O4. The van der Waals surface area contributed by atoms with Crippen molar-refractivity contribution in [3.05, 3.63) is 102 Å². The quantitative estimate of drug-likeness (QED) is 0.377. The molecule has 3 aromatic carbocycles. The van der Waals surface area contributed by atoms with Gasteiger partial charge in [0.25, 0.3) is 0 Å². The Hall–Kier alpha value is -4.12. The van der Waals surface area contributed by atoms with Crippen LogP contribution in [0.15, 0.2) is 84.9 Å². The Morgan fingerprint density at radius 2 is 1.63 bits per heavy atom. The zero-order valence-electron chi connectivity index (χ0n) is 21.4. The molecule has 1 heterocycles. The molecule has 0 bridgehead atoms. The molecule has 1 fully saturated rings. The van der Waals surface area contributed by atoms with Crippen LogP contribution < -0.4 is 16.0 Å². The van der Waals surface area contributed by atoms with E-state index in [0.717, 1.165) is 29.7 Å². The third kappa shape index (κ3) is 7.00. The first-order valence-electron chi connectivity index (χ1n) is 12.7. The smallest absolute Gasteiger partial charge is 0.407 e. The molecule has 1 saturated heterocycles. The second kappa shape index (κ2) is 13.4. The zero-order chi connectivity index (χ0) is 26.7. The van der Waals surface area contributed by atoms with Crippen LogP contribution in [0.1, 0.15) is 29.0 Å². The third-order valence-electron chi connectivity index (χ3n) is 6.65. The fourth-order valence-corrected chi connectivity index (χ4v) is 4.74. The van der Waals surface area contributed by atoms with Crippen molar-refractivity contribution in [2.75, 3.05) is 25.5 Å². The lowest BCUT2D eigenvalue weighted by Gasteiger charge is -2.29. The highest BCUT2D eigenvalue weighted by Gasteiger charge is 2.33. The lowest BCUT2D eigenvalue weighted by atomic mass is 9.84. The maximum Gasteiger partial charge on any atom is 0.407 e. The highest BCUT2D eigenvalue weighted by molar-refractivity contribution is 5.98. The van der Waals surface area contributed by atoms with E-state index in [-0.39, 0.29) is 18.1 Å². The number of morpholine rings is 1. The third-order valence-corrected chi connectivity index (χ3v) is 6.65. The van der Waals surface area contributed by atoms with Gasteiger partial charge in [-0.1, -0.05) is 84.8 Å². The van der Waals surface area contributed by atoms with E-state index in [9.17, 15) is 9.59 Å². The lowest BCUT2D eigenvalue weighted by Crippen LogP contribution is -2.48. The molecular weight excluding hydrogens is 478 g/mol. The van der Waals surface area contributed by atoms with Gasteiger partial charge in [0.15, 0.2) is 0 Å². The first-order chi connectivity index (χ1) is 18.6. The number of para-hydroxylation sites is 1. The number of benzene rings is 3. The van der Waals surface area contributed by atoms with Crippen LogP contribution in [0.4, 0.5) is 10.5 Å². The molecule has 7 nitrogen and oxygen atoms in total. The van der Waals surface area contributed by atoms with Crippen LogP contribution in [0.3, 0.4) is 0 Å². The average Bonchev–Trinajstić information content (AvgIpc) is 2.97. The van der Waals surface area contributed by atoms with Gasteiger partial charge in [-0.2, -0.15) is 0 Å². The average molecular weight is 512 g/mol. The second-order valence-corrected chi connectivity index (χ2v) is 9.17. The van der Waals surface area contributed by atoms with E-state index in [1.165, 1.54) is 7.11 Å². The van der Waals surface area contributed by atoms with Gasteiger partial charge in [-0.3, -0.25) is 4.79 Å². The highest BCUT2D eigenvalue weighted by atomic mass is 16.5. The van der Waals surface area contributed by atoms with E-state index < -0.39 is 18.1 Å². The van der Waals surface area contributed by atoms with Crippen molar-refractivity contribution in [3.8, 4) is 12.3 Å². The Morgan fingerprint density at radius 1 is 1.00 bits per heavy atom. The van der Waals surface area contributed by atoms with Gasteiger partial charge in [0.1, 0.15) is 12.1 Å². The van der Waals surface area contributed by atoms with Crippen molar-refractivity contribution < 1.29 is 19.1 Å². The number of aryl methyl sites for hydroxylation is 1. The molecule has 1 aliphatic rings. The van der Waals surface area contributed by atoms with E-state index in [4.69, 9.17) is 15.9 Å². The predicted octanol–water partition coefficient (Wildman–Crippen LogP) is 4.10.